The van der Waals surface area contributed by atoms with Crippen LogP contribution in [0.1, 0.15) is 19.3 Å². The maximum absolute atomic E-state index is 5.66. The van der Waals surface area contributed by atoms with Crippen LogP contribution in [0.25, 0.3) is 0 Å². The molecule has 0 aromatic rings. The summed E-state index contributed by atoms with van der Waals surface area (Å²) in [5, 5.41) is 0. The van der Waals surface area contributed by atoms with Crippen molar-refractivity contribution in [2.75, 3.05) is 6.26 Å². The fourth-order valence-corrected chi connectivity index (χ4v) is 2.46. The Kier molecular flexibility index (Phi) is 1.89. The fraction of sp³-hybridized carbons (Fsp3) is 1.00. The lowest BCUT2D eigenvalue weighted by Gasteiger charge is -2.17. The SMILES string of the molecule is CSNC1CC2CCC1O2. The average molecular weight is 159 g/mol. The number of hydrogen-bond donors (Lipinski definition) is 1. The van der Waals surface area contributed by atoms with Crippen LogP contribution in [0.3, 0.4) is 0 Å². The molecule has 0 aromatic carbocycles. The van der Waals surface area contributed by atoms with Crippen molar-refractivity contribution in [2.24, 2.45) is 0 Å². The molecule has 2 aliphatic rings. The normalized spacial score (nSPS) is 44.7. The van der Waals surface area contributed by atoms with Crippen LogP contribution in [-0.2, 0) is 4.74 Å². The summed E-state index contributed by atoms with van der Waals surface area (Å²) in [6, 6.07) is 0.633. The molecule has 10 heavy (non-hydrogen) atoms. The highest BCUT2D eigenvalue weighted by molar-refractivity contribution is 7.96. The van der Waals surface area contributed by atoms with Gasteiger partial charge in [0.25, 0.3) is 0 Å². The molecule has 0 amide bonds. The van der Waals surface area contributed by atoms with Crippen molar-refractivity contribution in [3.05, 3.63) is 0 Å². The van der Waals surface area contributed by atoms with Crippen molar-refractivity contribution in [1.82, 2.24) is 4.72 Å². The predicted octanol–water partition coefficient (Wildman–Crippen LogP) is 1.17. The minimum Gasteiger partial charge on any atom is -0.373 e. The van der Waals surface area contributed by atoms with E-state index in [1.54, 1.807) is 11.9 Å². The van der Waals surface area contributed by atoms with E-state index >= 15 is 0 Å². The quantitative estimate of drug-likeness (QED) is 0.611. The molecule has 2 saturated heterocycles. The molecule has 0 spiro atoms. The molecule has 58 valence electrons. The van der Waals surface area contributed by atoms with Gasteiger partial charge in [-0.1, -0.05) is 11.9 Å². The first-order chi connectivity index (χ1) is 4.90. The Labute approximate surface area is 65.8 Å². The molecular weight excluding hydrogens is 146 g/mol. The monoisotopic (exact) mass is 159 g/mol. The van der Waals surface area contributed by atoms with Crippen LogP contribution >= 0.6 is 11.9 Å². The summed E-state index contributed by atoms with van der Waals surface area (Å²) < 4.78 is 9.03. The van der Waals surface area contributed by atoms with E-state index in [9.17, 15) is 0 Å². The number of fused-ring (bicyclic) bond motifs is 2. The molecule has 2 aliphatic heterocycles. The number of nitrogens with one attached hydrogen (secondary N) is 1. The molecule has 2 heterocycles. The summed E-state index contributed by atoms with van der Waals surface area (Å²) in [5.74, 6) is 0. The highest BCUT2D eigenvalue weighted by atomic mass is 32.2. The largest absolute Gasteiger partial charge is 0.373 e. The van der Waals surface area contributed by atoms with E-state index in [2.05, 4.69) is 11.0 Å². The topological polar surface area (TPSA) is 21.3 Å². The number of hydrogen-bond acceptors (Lipinski definition) is 3. The van der Waals surface area contributed by atoms with Crippen molar-refractivity contribution >= 4 is 11.9 Å². The van der Waals surface area contributed by atoms with E-state index in [-0.39, 0.29) is 0 Å². The fourth-order valence-electron chi connectivity index (χ4n) is 1.91. The number of rotatable bonds is 2. The van der Waals surface area contributed by atoms with E-state index < -0.39 is 0 Å². The summed E-state index contributed by atoms with van der Waals surface area (Å²) in [4.78, 5) is 0. The molecular formula is C7H13NOS. The van der Waals surface area contributed by atoms with E-state index in [0.29, 0.717) is 18.2 Å². The standard InChI is InChI=1S/C7H13NOS/c1-10-8-6-4-5-2-3-7(6)9-5/h5-8H,2-4H2,1H3. The second-order valence-electron chi connectivity index (χ2n) is 3.04. The minimum atomic E-state index is 0.525. The van der Waals surface area contributed by atoms with Gasteiger partial charge in [0.1, 0.15) is 0 Å². The molecule has 2 fully saturated rings. The minimum absolute atomic E-state index is 0.525. The van der Waals surface area contributed by atoms with Gasteiger partial charge in [0, 0.05) is 6.04 Å². The zero-order valence-electron chi connectivity index (χ0n) is 6.17. The van der Waals surface area contributed by atoms with Crippen LogP contribution in [0.2, 0.25) is 0 Å². The predicted molar refractivity (Wildman–Crippen MR) is 43.0 cm³/mol. The van der Waals surface area contributed by atoms with Crippen LogP contribution in [0.4, 0.5) is 0 Å². The second-order valence-corrected chi connectivity index (χ2v) is 3.68. The molecule has 0 aromatic heterocycles. The highest BCUT2D eigenvalue weighted by Gasteiger charge is 2.40. The Morgan fingerprint density at radius 2 is 2.40 bits per heavy atom. The lowest BCUT2D eigenvalue weighted by molar-refractivity contribution is 0.0999. The Hall–Kier alpha value is 0.270. The average Bonchev–Trinajstić information content (AvgIpc) is 2.48. The van der Waals surface area contributed by atoms with Crippen molar-refractivity contribution in [3.63, 3.8) is 0 Å². The first-order valence-electron chi connectivity index (χ1n) is 3.84. The number of ether oxygens (including phenoxy) is 1. The van der Waals surface area contributed by atoms with Crippen molar-refractivity contribution in [3.8, 4) is 0 Å². The van der Waals surface area contributed by atoms with Gasteiger partial charge in [-0.3, -0.25) is 4.72 Å². The third-order valence-corrected chi connectivity index (χ3v) is 2.91. The second kappa shape index (κ2) is 2.72. The molecule has 0 saturated carbocycles. The summed E-state index contributed by atoms with van der Waals surface area (Å²) in [5.41, 5.74) is 0. The van der Waals surface area contributed by atoms with E-state index in [1.165, 1.54) is 19.3 Å². The first-order valence-corrected chi connectivity index (χ1v) is 5.06. The highest BCUT2D eigenvalue weighted by Crippen LogP contribution is 2.34. The van der Waals surface area contributed by atoms with Gasteiger partial charge in [-0.2, -0.15) is 0 Å². The van der Waals surface area contributed by atoms with Gasteiger partial charge < -0.3 is 4.74 Å². The van der Waals surface area contributed by atoms with Gasteiger partial charge in [-0.15, -0.1) is 0 Å². The summed E-state index contributed by atoms with van der Waals surface area (Å²) in [6.45, 7) is 0. The molecule has 3 atom stereocenters. The van der Waals surface area contributed by atoms with Gasteiger partial charge >= 0.3 is 0 Å². The molecule has 0 radical (unpaired) electrons. The zero-order chi connectivity index (χ0) is 6.97. The molecule has 1 N–H and O–H groups in total. The van der Waals surface area contributed by atoms with E-state index in [4.69, 9.17) is 4.74 Å². The van der Waals surface area contributed by atoms with Gasteiger partial charge in [-0.05, 0) is 25.5 Å². The smallest absolute Gasteiger partial charge is 0.0742 e. The third kappa shape index (κ3) is 1.06. The molecule has 3 unspecified atom stereocenters. The van der Waals surface area contributed by atoms with Gasteiger partial charge in [0.2, 0.25) is 0 Å². The Morgan fingerprint density at radius 3 is 2.90 bits per heavy atom. The van der Waals surface area contributed by atoms with Crippen molar-refractivity contribution in [1.29, 1.82) is 0 Å². The first kappa shape index (κ1) is 6.95. The maximum Gasteiger partial charge on any atom is 0.0742 e. The summed E-state index contributed by atoms with van der Waals surface area (Å²) >= 11 is 1.71. The van der Waals surface area contributed by atoms with E-state index in [1.807, 2.05) is 0 Å². The molecule has 2 nitrogen and oxygen atoms in total. The van der Waals surface area contributed by atoms with Crippen LogP contribution < -0.4 is 4.72 Å². The maximum atomic E-state index is 5.66. The van der Waals surface area contributed by atoms with Crippen molar-refractivity contribution in [2.45, 2.75) is 37.5 Å². The Morgan fingerprint density at radius 1 is 1.50 bits per heavy atom. The van der Waals surface area contributed by atoms with Crippen LogP contribution in [-0.4, -0.2) is 24.5 Å². The zero-order valence-corrected chi connectivity index (χ0v) is 6.99. The summed E-state index contributed by atoms with van der Waals surface area (Å²) in [7, 11) is 0. The van der Waals surface area contributed by atoms with Crippen LogP contribution in [0.15, 0.2) is 0 Å². The van der Waals surface area contributed by atoms with Gasteiger partial charge in [-0.25, -0.2) is 0 Å². The molecule has 2 rings (SSSR count). The van der Waals surface area contributed by atoms with E-state index in [0.717, 1.165) is 0 Å². The molecule has 3 heteroatoms. The Balaban J connectivity index is 1.90. The van der Waals surface area contributed by atoms with Crippen LogP contribution in [0.5, 0.6) is 0 Å². The van der Waals surface area contributed by atoms with Crippen LogP contribution in [0, 0.1) is 0 Å². The Bertz CT molecular complexity index is 131. The van der Waals surface area contributed by atoms with Gasteiger partial charge in [0.05, 0.1) is 12.2 Å². The molecule has 2 bridgehead atoms. The lowest BCUT2D eigenvalue weighted by atomic mass is 9.96. The lowest BCUT2D eigenvalue weighted by Crippen LogP contribution is -2.32. The molecule has 0 aliphatic carbocycles. The van der Waals surface area contributed by atoms with Crippen molar-refractivity contribution < 1.29 is 4.74 Å². The summed E-state index contributed by atoms with van der Waals surface area (Å²) in [6.07, 6.45) is 6.96. The third-order valence-electron chi connectivity index (χ3n) is 2.38. The van der Waals surface area contributed by atoms with Gasteiger partial charge in [0.15, 0.2) is 0 Å².